The molecule has 0 unspecified atom stereocenters. The maximum absolute atomic E-state index is 11.0. The lowest BCUT2D eigenvalue weighted by molar-refractivity contribution is -0.129. The second-order valence-electron chi connectivity index (χ2n) is 3.48. The van der Waals surface area contributed by atoms with Crippen LogP contribution >= 0.6 is 0 Å². The molecule has 0 spiro atoms. The van der Waals surface area contributed by atoms with Gasteiger partial charge in [0.25, 0.3) is 0 Å². The molecule has 1 rings (SSSR count). The topological polar surface area (TPSA) is 61.8 Å². The number of hydrogen-bond donors (Lipinski definition) is 0. The summed E-state index contributed by atoms with van der Waals surface area (Å²) in [7, 11) is 2.91. The minimum atomic E-state index is -0.0683. The van der Waals surface area contributed by atoms with E-state index in [0.717, 1.165) is 30.7 Å². The predicted molar refractivity (Wildman–Crippen MR) is 49.4 cm³/mol. The lowest BCUT2D eigenvalue weighted by Gasteiger charge is -2.43. The van der Waals surface area contributed by atoms with Crippen LogP contribution in [0.2, 0.25) is 0 Å². The van der Waals surface area contributed by atoms with E-state index < -0.39 is 0 Å². The van der Waals surface area contributed by atoms with Crippen LogP contribution in [0, 0.1) is 10.4 Å². The highest BCUT2D eigenvalue weighted by Crippen LogP contribution is 2.24. The van der Waals surface area contributed by atoms with Crippen LogP contribution < -0.4 is 0 Å². The Hall–Kier alpha value is -0.200. The van der Waals surface area contributed by atoms with Crippen LogP contribution in [0.25, 0.3) is 0 Å². The van der Waals surface area contributed by atoms with Crippen LogP contribution in [0.4, 0.5) is 0 Å². The smallest absolute Gasteiger partial charge is 0.0563 e. The summed E-state index contributed by atoms with van der Waals surface area (Å²) in [5.74, 6) is 0. The average molecular weight is 188 g/mol. The molecular weight excluding hydrogens is 172 g/mol. The van der Waals surface area contributed by atoms with E-state index in [1.54, 1.807) is 0 Å². The van der Waals surface area contributed by atoms with Crippen LogP contribution in [0.15, 0.2) is 0 Å². The van der Waals surface area contributed by atoms with E-state index in [1.165, 1.54) is 14.2 Å². The average Bonchev–Trinajstić information content (AvgIpc) is 2.17. The zero-order chi connectivity index (χ0) is 9.84. The first-order chi connectivity index (χ1) is 6.15. The van der Waals surface area contributed by atoms with Gasteiger partial charge in [0.2, 0.25) is 0 Å². The summed E-state index contributed by atoms with van der Waals surface area (Å²) in [5, 5.41) is 23.6. The Morgan fingerprint density at radius 3 is 1.92 bits per heavy atom. The zero-order valence-corrected chi connectivity index (χ0v) is 8.10. The Labute approximate surface area is 78.4 Å². The second-order valence-corrected chi connectivity index (χ2v) is 3.48. The van der Waals surface area contributed by atoms with Crippen molar-refractivity contribution in [3.63, 3.8) is 0 Å². The summed E-state index contributed by atoms with van der Waals surface area (Å²) in [6, 6.07) is 0.0164. The fourth-order valence-electron chi connectivity index (χ4n) is 1.78. The molecule has 0 aromatic heterocycles. The molecule has 0 aromatic carbocycles. The molecule has 1 fully saturated rings. The van der Waals surface area contributed by atoms with Crippen molar-refractivity contribution < 1.29 is 4.84 Å². The van der Waals surface area contributed by atoms with Gasteiger partial charge in [-0.15, -0.1) is 0 Å². The summed E-state index contributed by atoms with van der Waals surface area (Å²) in [6.45, 7) is 0. The lowest BCUT2D eigenvalue weighted by atomic mass is 9.91. The van der Waals surface area contributed by atoms with Gasteiger partial charge in [-0.1, -0.05) is 0 Å². The first-order valence-corrected chi connectivity index (χ1v) is 4.55. The Bertz CT molecular complexity index is 146. The van der Waals surface area contributed by atoms with Crippen molar-refractivity contribution >= 4 is 0 Å². The molecule has 0 atom stereocenters. The molecule has 0 saturated heterocycles. The van der Waals surface area contributed by atoms with Crippen LogP contribution in [-0.4, -0.2) is 36.5 Å². The third-order valence-corrected chi connectivity index (χ3v) is 2.66. The van der Waals surface area contributed by atoms with Gasteiger partial charge in [0, 0.05) is 6.04 Å². The SMILES string of the molecule is CON([O-])C1CCC(N(C)[O-])CC1. The van der Waals surface area contributed by atoms with Crippen molar-refractivity contribution in [2.45, 2.75) is 37.8 Å². The van der Waals surface area contributed by atoms with E-state index in [1.807, 2.05) is 0 Å². The van der Waals surface area contributed by atoms with Gasteiger partial charge in [0.05, 0.1) is 7.11 Å². The van der Waals surface area contributed by atoms with E-state index in [0.29, 0.717) is 5.23 Å². The van der Waals surface area contributed by atoms with E-state index in [4.69, 9.17) is 0 Å². The molecule has 0 aromatic rings. The zero-order valence-electron chi connectivity index (χ0n) is 8.10. The maximum atomic E-state index is 11.0. The highest BCUT2D eigenvalue weighted by atomic mass is 16.9. The van der Waals surface area contributed by atoms with Gasteiger partial charge in [0.1, 0.15) is 0 Å². The molecule has 1 aliphatic carbocycles. The minimum absolute atomic E-state index is 0.0683. The normalized spacial score (nSPS) is 30.0. The second kappa shape index (κ2) is 4.88. The largest absolute Gasteiger partial charge is 0.785 e. The van der Waals surface area contributed by atoms with E-state index >= 15 is 0 Å². The van der Waals surface area contributed by atoms with Crippen molar-refractivity contribution in [1.29, 1.82) is 0 Å². The summed E-state index contributed by atoms with van der Waals surface area (Å²) < 4.78 is 0. The lowest BCUT2D eigenvalue weighted by Crippen LogP contribution is -2.38. The molecule has 13 heavy (non-hydrogen) atoms. The third-order valence-electron chi connectivity index (χ3n) is 2.66. The van der Waals surface area contributed by atoms with Crippen molar-refractivity contribution in [1.82, 2.24) is 10.3 Å². The van der Waals surface area contributed by atoms with Gasteiger partial charge < -0.3 is 20.3 Å². The summed E-state index contributed by atoms with van der Waals surface area (Å²) in [4.78, 5) is 4.57. The summed E-state index contributed by atoms with van der Waals surface area (Å²) in [5.41, 5.74) is 0. The molecule has 1 aliphatic rings. The molecule has 0 amide bonds. The predicted octanol–water partition coefficient (Wildman–Crippen LogP) is 1.09. The third kappa shape index (κ3) is 2.89. The van der Waals surface area contributed by atoms with Crippen LogP contribution in [0.3, 0.4) is 0 Å². The molecule has 0 N–H and O–H groups in total. The summed E-state index contributed by atoms with van der Waals surface area (Å²) >= 11 is 0. The van der Waals surface area contributed by atoms with Crippen LogP contribution in [-0.2, 0) is 4.84 Å². The van der Waals surface area contributed by atoms with Gasteiger partial charge >= 0.3 is 0 Å². The quantitative estimate of drug-likeness (QED) is 0.620. The Kier molecular flexibility index (Phi) is 4.08. The highest BCUT2D eigenvalue weighted by Gasteiger charge is 2.21. The van der Waals surface area contributed by atoms with Gasteiger partial charge in [0.15, 0.2) is 0 Å². The molecule has 78 valence electrons. The number of nitrogens with zero attached hydrogens (tertiary/aromatic N) is 2. The van der Waals surface area contributed by atoms with Crippen LogP contribution in [0.5, 0.6) is 0 Å². The molecule has 1 saturated carbocycles. The molecule has 0 bridgehead atoms. The van der Waals surface area contributed by atoms with E-state index in [2.05, 4.69) is 4.84 Å². The van der Waals surface area contributed by atoms with Crippen molar-refractivity contribution in [3.8, 4) is 0 Å². The molecule has 0 heterocycles. The monoisotopic (exact) mass is 188 g/mol. The first-order valence-electron chi connectivity index (χ1n) is 4.55. The molecular formula is C8H16N2O3-2. The molecule has 5 heteroatoms. The van der Waals surface area contributed by atoms with E-state index in [-0.39, 0.29) is 12.1 Å². The fourth-order valence-corrected chi connectivity index (χ4v) is 1.78. The fraction of sp³-hybridized carbons (Fsp3) is 1.00. The van der Waals surface area contributed by atoms with Crippen molar-refractivity contribution in [2.75, 3.05) is 14.2 Å². The van der Waals surface area contributed by atoms with Gasteiger partial charge in [-0.25, -0.2) is 0 Å². The Morgan fingerprint density at radius 1 is 1.08 bits per heavy atom. The van der Waals surface area contributed by atoms with Crippen LogP contribution in [0.1, 0.15) is 25.7 Å². The Morgan fingerprint density at radius 2 is 1.54 bits per heavy atom. The molecule has 5 nitrogen and oxygen atoms in total. The van der Waals surface area contributed by atoms with Gasteiger partial charge in [-0.3, -0.25) is 5.23 Å². The first kappa shape index (κ1) is 10.9. The summed E-state index contributed by atoms with van der Waals surface area (Å²) in [6.07, 6.45) is 3.06. The molecule has 0 radical (unpaired) electrons. The number of rotatable bonds is 3. The standard InChI is InChI=1S/C8H16N2O3/c1-9(11)7-3-5-8(6-4-7)10(12)13-2/h7-8H,3-6H2,1-2H3/q-2. The van der Waals surface area contributed by atoms with Crippen molar-refractivity contribution in [3.05, 3.63) is 10.4 Å². The van der Waals surface area contributed by atoms with Crippen molar-refractivity contribution in [2.24, 2.45) is 0 Å². The van der Waals surface area contributed by atoms with Gasteiger partial charge in [-0.2, -0.15) is 0 Å². The molecule has 0 aliphatic heterocycles. The number of hydrogen-bond acceptors (Lipinski definition) is 5. The van der Waals surface area contributed by atoms with E-state index in [9.17, 15) is 10.4 Å². The number of hydroxylamine groups is 4. The highest BCUT2D eigenvalue weighted by molar-refractivity contribution is 4.81. The Balaban J connectivity index is 2.30. The van der Waals surface area contributed by atoms with Gasteiger partial charge in [-0.05, 0) is 38.8 Å². The minimum Gasteiger partial charge on any atom is -0.785 e. The maximum Gasteiger partial charge on any atom is 0.0563 e.